The van der Waals surface area contributed by atoms with Crippen LogP contribution in [0.1, 0.15) is 16.1 Å². The summed E-state index contributed by atoms with van der Waals surface area (Å²) in [5.74, 6) is -2.50. The Balaban J connectivity index is 1.80. The van der Waals surface area contributed by atoms with Gasteiger partial charge in [-0.05, 0) is 18.2 Å². The fourth-order valence-corrected chi connectivity index (χ4v) is 2.38. The molecular formula is C18H12F3N3O5. The second-order valence-electron chi connectivity index (χ2n) is 5.82. The van der Waals surface area contributed by atoms with Crippen molar-refractivity contribution in [2.75, 3.05) is 6.54 Å². The number of carboxylic acids is 1. The first-order chi connectivity index (χ1) is 13.6. The number of rotatable bonds is 5. The maximum Gasteiger partial charge on any atom is 0.416 e. The predicted octanol–water partition coefficient (Wildman–Crippen LogP) is 2.94. The van der Waals surface area contributed by atoms with Crippen molar-refractivity contribution in [3.63, 3.8) is 0 Å². The van der Waals surface area contributed by atoms with Crippen molar-refractivity contribution in [3.8, 4) is 28.3 Å². The largest absolute Gasteiger partial charge is 0.505 e. The van der Waals surface area contributed by atoms with E-state index in [0.29, 0.717) is 5.56 Å². The summed E-state index contributed by atoms with van der Waals surface area (Å²) in [7, 11) is 0. The van der Waals surface area contributed by atoms with E-state index >= 15 is 0 Å². The van der Waals surface area contributed by atoms with Crippen LogP contribution < -0.4 is 5.32 Å². The predicted molar refractivity (Wildman–Crippen MR) is 91.8 cm³/mol. The van der Waals surface area contributed by atoms with Crippen LogP contribution in [0, 0.1) is 0 Å². The van der Waals surface area contributed by atoms with Gasteiger partial charge in [0.1, 0.15) is 18.0 Å². The molecular weight excluding hydrogens is 395 g/mol. The third kappa shape index (κ3) is 4.51. The molecule has 0 saturated heterocycles. The first-order valence-corrected chi connectivity index (χ1v) is 7.99. The molecule has 8 nitrogen and oxygen atoms in total. The van der Waals surface area contributed by atoms with Crippen molar-refractivity contribution < 1.29 is 37.5 Å². The summed E-state index contributed by atoms with van der Waals surface area (Å²) < 4.78 is 43.1. The SMILES string of the molecule is O=C(O)CNC(=O)c1ncc(-c2cc(-c3ccc(C(F)(F)F)cc3)no2)cc1O. The number of alkyl halides is 3. The summed E-state index contributed by atoms with van der Waals surface area (Å²) in [5, 5.41) is 24.4. The molecule has 0 radical (unpaired) electrons. The first-order valence-electron chi connectivity index (χ1n) is 7.99. The lowest BCUT2D eigenvalue weighted by molar-refractivity contribution is -0.137. The molecule has 11 heteroatoms. The second-order valence-corrected chi connectivity index (χ2v) is 5.82. The number of carboxylic acid groups (broad SMARTS) is 1. The van der Waals surface area contributed by atoms with Gasteiger partial charge in [-0.1, -0.05) is 17.3 Å². The number of halogens is 3. The molecule has 29 heavy (non-hydrogen) atoms. The van der Waals surface area contributed by atoms with Crippen LogP contribution in [0.3, 0.4) is 0 Å². The molecule has 0 aliphatic carbocycles. The Morgan fingerprint density at radius 1 is 1.10 bits per heavy atom. The molecule has 3 N–H and O–H groups in total. The van der Waals surface area contributed by atoms with Gasteiger partial charge in [0.25, 0.3) is 5.91 Å². The Morgan fingerprint density at radius 2 is 1.79 bits per heavy atom. The smallest absolute Gasteiger partial charge is 0.416 e. The Hall–Kier alpha value is -3.89. The average molecular weight is 407 g/mol. The summed E-state index contributed by atoms with van der Waals surface area (Å²) in [6, 6.07) is 6.93. The fourth-order valence-electron chi connectivity index (χ4n) is 2.38. The number of hydrogen-bond acceptors (Lipinski definition) is 6. The molecule has 150 valence electrons. The highest BCUT2D eigenvalue weighted by molar-refractivity contribution is 5.96. The third-order valence-corrected chi connectivity index (χ3v) is 3.79. The Kier molecular flexibility index (Phi) is 5.22. The zero-order chi connectivity index (χ0) is 21.2. The number of amides is 1. The number of nitrogens with one attached hydrogen (secondary N) is 1. The third-order valence-electron chi connectivity index (χ3n) is 3.79. The van der Waals surface area contributed by atoms with Crippen LogP contribution in [-0.4, -0.2) is 38.8 Å². The standard InChI is InChI=1S/C18H12F3N3O5/c19-18(20,21)11-3-1-9(2-4-11)12-6-14(29-24-12)10-5-13(25)16(22-7-10)17(28)23-8-15(26)27/h1-7,25H,8H2,(H,23,28)(H,26,27). The zero-order valence-electron chi connectivity index (χ0n) is 14.4. The molecule has 0 bridgehead atoms. The average Bonchev–Trinajstić information content (AvgIpc) is 3.15. The number of pyridine rings is 1. The number of nitrogens with zero attached hydrogens (tertiary/aromatic N) is 2. The molecule has 2 heterocycles. The van der Waals surface area contributed by atoms with Crippen molar-refractivity contribution in [2.45, 2.75) is 6.18 Å². The Morgan fingerprint density at radius 3 is 2.38 bits per heavy atom. The van der Waals surface area contributed by atoms with Crippen LogP contribution >= 0.6 is 0 Å². The molecule has 0 aliphatic rings. The van der Waals surface area contributed by atoms with E-state index in [0.717, 1.165) is 12.1 Å². The van der Waals surface area contributed by atoms with E-state index in [1.807, 2.05) is 0 Å². The van der Waals surface area contributed by atoms with E-state index in [-0.39, 0.29) is 22.7 Å². The maximum atomic E-state index is 12.6. The minimum Gasteiger partial charge on any atom is -0.505 e. The van der Waals surface area contributed by atoms with Crippen molar-refractivity contribution >= 4 is 11.9 Å². The van der Waals surface area contributed by atoms with Crippen LogP contribution in [0.4, 0.5) is 13.2 Å². The van der Waals surface area contributed by atoms with Crippen LogP contribution in [0.15, 0.2) is 47.1 Å². The molecule has 3 aromatic rings. The minimum absolute atomic E-state index is 0.153. The quantitative estimate of drug-likeness (QED) is 0.594. The highest BCUT2D eigenvalue weighted by atomic mass is 19.4. The molecule has 0 fully saturated rings. The fraction of sp³-hybridized carbons (Fsp3) is 0.111. The summed E-state index contributed by atoms with van der Waals surface area (Å²) in [4.78, 5) is 26.1. The molecule has 2 aromatic heterocycles. The van der Waals surface area contributed by atoms with Crippen LogP contribution in [0.2, 0.25) is 0 Å². The summed E-state index contributed by atoms with van der Waals surface area (Å²) in [6.45, 7) is -0.639. The van der Waals surface area contributed by atoms with Gasteiger partial charge >= 0.3 is 12.1 Å². The summed E-state index contributed by atoms with van der Waals surface area (Å²) in [5.41, 5.74) is -0.275. The highest BCUT2D eigenvalue weighted by Gasteiger charge is 2.30. The van der Waals surface area contributed by atoms with Gasteiger partial charge < -0.3 is 20.1 Å². The van der Waals surface area contributed by atoms with Crippen LogP contribution in [0.25, 0.3) is 22.6 Å². The van der Waals surface area contributed by atoms with E-state index in [1.54, 1.807) is 0 Å². The molecule has 0 saturated carbocycles. The second kappa shape index (κ2) is 7.62. The van der Waals surface area contributed by atoms with E-state index < -0.39 is 35.9 Å². The molecule has 1 aromatic carbocycles. The van der Waals surface area contributed by atoms with Crippen LogP contribution in [0.5, 0.6) is 5.75 Å². The number of aliphatic carboxylic acids is 1. The van der Waals surface area contributed by atoms with Gasteiger partial charge in [-0.25, -0.2) is 4.98 Å². The molecule has 3 rings (SSSR count). The topological polar surface area (TPSA) is 126 Å². The summed E-state index contributed by atoms with van der Waals surface area (Å²) >= 11 is 0. The van der Waals surface area contributed by atoms with Crippen molar-refractivity contribution in [1.29, 1.82) is 0 Å². The van der Waals surface area contributed by atoms with E-state index in [1.165, 1.54) is 30.5 Å². The number of hydrogen-bond donors (Lipinski definition) is 3. The van der Waals surface area contributed by atoms with Gasteiger partial charge in [0, 0.05) is 23.4 Å². The van der Waals surface area contributed by atoms with Gasteiger partial charge in [-0.15, -0.1) is 0 Å². The molecule has 0 atom stereocenters. The van der Waals surface area contributed by atoms with Crippen molar-refractivity contribution in [2.24, 2.45) is 0 Å². The number of aromatic nitrogens is 2. The van der Waals surface area contributed by atoms with E-state index in [4.69, 9.17) is 9.63 Å². The lowest BCUT2D eigenvalue weighted by Gasteiger charge is -2.06. The van der Waals surface area contributed by atoms with Gasteiger partial charge in [0.2, 0.25) is 0 Å². The molecule has 0 aliphatic heterocycles. The Labute approximate surface area is 160 Å². The monoisotopic (exact) mass is 407 g/mol. The van der Waals surface area contributed by atoms with Crippen molar-refractivity contribution in [3.05, 3.63) is 53.9 Å². The molecule has 0 spiro atoms. The maximum absolute atomic E-state index is 12.6. The lowest BCUT2D eigenvalue weighted by Crippen LogP contribution is -2.29. The minimum atomic E-state index is -4.45. The number of carbonyl (C=O) groups excluding carboxylic acids is 1. The highest BCUT2D eigenvalue weighted by Crippen LogP contribution is 2.32. The van der Waals surface area contributed by atoms with Gasteiger partial charge in [-0.3, -0.25) is 9.59 Å². The molecule has 0 unspecified atom stereocenters. The number of carbonyl (C=O) groups is 2. The van der Waals surface area contributed by atoms with E-state index in [9.17, 15) is 27.9 Å². The molecule has 1 amide bonds. The van der Waals surface area contributed by atoms with Gasteiger partial charge in [0.05, 0.1) is 5.56 Å². The van der Waals surface area contributed by atoms with Gasteiger partial charge in [0.15, 0.2) is 11.5 Å². The number of benzene rings is 1. The normalized spacial score (nSPS) is 11.3. The van der Waals surface area contributed by atoms with Crippen LogP contribution in [-0.2, 0) is 11.0 Å². The number of aromatic hydroxyl groups is 1. The Bertz CT molecular complexity index is 1060. The summed E-state index contributed by atoms with van der Waals surface area (Å²) in [6.07, 6.45) is -3.25. The zero-order valence-corrected chi connectivity index (χ0v) is 14.4. The lowest BCUT2D eigenvalue weighted by atomic mass is 10.1. The first kappa shape index (κ1) is 19.9. The van der Waals surface area contributed by atoms with Crippen molar-refractivity contribution in [1.82, 2.24) is 15.5 Å². The van der Waals surface area contributed by atoms with Gasteiger partial charge in [-0.2, -0.15) is 13.2 Å². The van der Waals surface area contributed by atoms with E-state index in [2.05, 4.69) is 15.5 Å².